The van der Waals surface area contributed by atoms with E-state index < -0.39 is 46.2 Å². The van der Waals surface area contributed by atoms with Gasteiger partial charge in [0.2, 0.25) is 11.9 Å². The van der Waals surface area contributed by atoms with E-state index in [1.54, 1.807) is 6.92 Å². The van der Waals surface area contributed by atoms with E-state index in [-0.39, 0.29) is 17.4 Å². The molecule has 2 heterocycles. The van der Waals surface area contributed by atoms with Crippen LogP contribution in [-0.4, -0.2) is 61.0 Å². The van der Waals surface area contributed by atoms with E-state index in [9.17, 15) is 35.5 Å². The maximum Gasteiger partial charge on any atom is 0.416 e. The highest BCUT2D eigenvalue weighted by atomic mass is 19.4. The van der Waals surface area contributed by atoms with Crippen molar-refractivity contribution < 1.29 is 35.5 Å². The number of piperazine rings is 1. The van der Waals surface area contributed by atoms with E-state index in [0.29, 0.717) is 42.3 Å². The summed E-state index contributed by atoms with van der Waals surface area (Å²) in [7, 11) is 3.33. The fraction of sp³-hybridized carbons (Fsp3) is 0.414. The van der Waals surface area contributed by atoms with Gasteiger partial charge < -0.3 is 14.7 Å². The molecule has 226 valence electrons. The van der Waals surface area contributed by atoms with Crippen LogP contribution in [0.4, 0.5) is 42.4 Å². The van der Waals surface area contributed by atoms with E-state index in [4.69, 9.17) is 4.98 Å². The number of carbonyl (C=O) groups excluding carboxylic acids is 1. The zero-order valence-electron chi connectivity index (χ0n) is 23.7. The van der Waals surface area contributed by atoms with Crippen molar-refractivity contribution in [1.29, 1.82) is 0 Å². The van der Waals surface area contributed by atoms with Crippen LogP contribution in [0.3, 0.4) is 0 Å². The van der Waals surface area contributed by atoms with Crippen LogP contribution in [0.2, 0.25) is 0 Å². The molecule has 0 atom stereocenters. The molecular weight excluding hydrogens is 567 g/mol. The number of aryl methyl sites for hydroxylation is 1. The van der Waals surface area contributed by atoms with E-state index in [1.165, 1.54) is 45.3 Å². The van der Waals surface area contributed by atoms with Crippen LogP contribution in [-0.2, 0) is 22.6 Å². The monoisotopic (exact) mass is 597 g/mol. The van der Waals surface area contributed by atoms with Gasteiger partial charge in [-0.1, -0.05) is 0 Å². The number of rotatable bonds is 5. The molecule has 0 unspecified atom stereocenters. The second kappa shape index (κ2) is 11.2. The maximum absolute atomic E-state index is 14.0. The third-order valence-electron chi connectivity index (χ3n) is 7.50. The summed E-state index contributed by atoms with van der Waals surface area (Å²) in [5.74, 6) is -0.910. The average Bonchev–Trinajstić information content (AvgIpc) is 2.91. The SMILES string of the molecule is Cc1cc(F)ccc1-c1nc(N2CCN(C)CC2)ncc1N(C)C(=O)C(C)(C)c1cc(C(F)(F)F)cc(C(F)(F)F)c1. The molecule has 1 saturated heterocycles. The third kappa shape index (κ3) is 6.35. The van der Waals surface area contributed by atoms with Gasteiger partial charge in [0.15, 0.2) is 0 Å². The smallest absolute Gasteiger partial charge is 0.338 e. The summed E-state index contributed by atoms with van der Waals surface area (Å²) in [6, 6.07) is 5.16. The molecule has 1 fully saturated rings. The predicted molar refractivity (Wildman–Crippen MR) is 145 cm³/mol. The van der Waals surface area contributed by atoms with Crippen LogP contribution >= 0.6 is 0 Å². The van der Waals surface area contributed by atoms with Gasteiger partial charge in [0, 0.05) is 38.8 Å². The molecule has 0 radical (unpaired) electrons. The molecule has 0 aliphatic carbocycles. The van der Waals surface area contributed by atoms with Crippen molar-refractivity contribution >= 4 is 17.5 Å². The first-order chi connectivity index (χ1) is 19.4. The molecule has 42 heavy (non-hydrogen) atoms. The Morgan fingerprint density at radius 3 is 1.95 bits per heavy atom. The van der Waals surface area contributed by atoms with Crippen molar-refractivity contribution in [2.75, 3.05) is 50.1 Å². The van der Waals surface area contributed by atoms with Crippen LogP contribution in [0.5, 0.6) is 0 Å². The number of nitrogens with zero attached hydrogens (tertiary/aromatic N) is 5. The summed E-state index contributed by atoms with van der Waals surface area (Å²) in [6.07, 6.45) is -8.75. The second-order valence-electron chi connectivity index (χ2n) is 10.9. The van der Waals surface area contributed by atoms with Crippen molar-refractivity contribution in [3.63, 3.8) is 0 Å². The topological polar surface area (TPSA) is 52.6 Å². The first-order valence-corrected chi connectivity index (χ1v) is 13.0. The summed E-state index contributed by atoms with van der Waals surface area (Å²) in [5, 5.41) is 0. The van der Waals surface area contributed by atoms with Crippen LogP contribution in [0.15, 0.2) is 42.6 Å². The Morgan fingerprint density at radius 1 is 0.881 bits per heavy atom. The quantitative estimate of drug-likeness (QED) is 0.322. The lowest BCUT2D eigenvalue weighted by molar-refractivity contribution is -0.143. The summed E-state index contributed by atoms with van der Waals surface area (Å²) in [6.45, 7) is 6.96. The second-order valence-corrected chi connectivity index (χ2v) is 10.9. The van der Waals surface area contributed by atoms with Crippen LogP contribution in [0.1, 0.15) is 36.1 Å². The number of likely N-dealkylation sites (N-methyl/N-ethyl adjacent to an activating group) is 2. The third-order valence-corrected chi connectivity index (χ3v) is 7.50. The summed E-state index contributed by atoms with van der Waals surface area (Å²) in [4.78, 5) is 28.2. The molecular formula is C29H30F7N5O. The van der Waals surface area contributed by atoms with Gasteiger partial charge in [-0.05, 0) is 75.3 Å². The summed E-state index contributed by atoms with van der Waals surface area (Å²) >= 11 is 0. The predicted octanol–water partition coefficient (Wildman–Crippen LogP) is 6.32. The normalized spacial score (nSPS) is 15.2. The molecule has 13 heteroatoms. The highest BCUT2D eigenvalue weighted by Crippen LogP contribution is 2.40. The number of benzene rings is 2. The number of amides is 1. The minimum atomic E-state index is -5.07. The van der Waals surface area contributed by atoms with Gasteiger partial charge in [0.1, 0.15) is 5.82 Å². The molecule has 1 aliphatic heterocycles. The van der Waals surface area contributed by atoms with Crippen molar-refractivity contribution in [1.82, 2.24) is 14.9 Å². The van der Waals surface area contributed by atoms with Crippen molar-refractivity contribution in [3.05, 3.63) is 70.7 Å². The maximum atomic E-state index is 14.0. The first kappa shape index (κ1) is 31.2. The number of hydrogen-bond acceptors (Lipinski definition) is 5. The fourth-order valence-electron chi connectivity index (χ4n) is 4.83. The lowest BCUT2D eigenvalue weighted by Gasteiger charge is -2.34. The molecule has 0 N–H and O–H groups in total. The van der Waals surface area contributed by atoms with Crippen LogP contribution in [0.25, 0.3) is 11.3 Å². The molecule has 1 aromatic heterocycles. The molecule has 3 aromatic rings. The van der Waals surface area contributed by atoms with Gasteiger partial charge in [0.25, 0.3) is 0 Å². The van der Waals surface area contributed by atoms with Crippen molar-refractivity contribution in [2.45, 2.75) is 38.5 Å². The Morgan fingerprint density at radius 2 is 1.43 bits per heavy atom. The molecule has 1 amide bonds. The molecule has 6 nitrogen and oxygen atoms in total. The van der Waals surface area contributed by atoms with Gasteiger partial charge in [-0.25, -0.2) is 14.4 Å². The minimum absolute atomic E-state index is 0.0219. The van der Waals surface area contributed by atoms with Gasteiger partial charge in [0.05, 0.1) is 34.1 Å². The Bertz CT molecular complexity index is 1450. The number of aromatic nitrogens is 2. The molecule has 0 saturated carbocycles. The molecule has 4 rings (SSSR count). The number of anilines is 2. The number of hydrogen-bond donors (Lipinski definition) is 0. The van der Waals surface area contributed by atoms with Crippen LogP contribution < -0.4 is 9.80 Å². The van der Waals surface area contributed by atoms with E-state index in [0.717, 1.165) is 18.0 Å². The first-order valence-electron chi connectivity index (χ1n) is 13.0. The van der Waals surface area contributed by atoms with Crippen molar-refractivity contribution in [3.8, 4) is 11.3 Å². The lowest BCUT2D eigenvalue weighted by atomic mass is 9.81. The van der Waals surface area contributed by atoms with Gasteiger partial charge >= 0.3 is 12.4 Å². The average molecular weight is 598 g/mol. The number of alkyl halides is 6. The highest BCUT2D eigenvalue weighted by molar-refractivity contribution is 6.02. The van der Waals surface area contributed by atoms with Gasteiger partial charge in [-0.15, -0.1) is 0 Å². The van der Waals surface area contributed by atoms with E-state index >= 15 is 0 Å². The minimum Gasteiger partial charge on any atom is -0.338 e. The largest absolute Gasteiger partial charge is 0.416 e. The lowest BCUT2D eigenvalue weighted by Crippen LogP contribution is -2.45. The fourth-order valence-corrected chi connectivity index (χ4v) is 4.83. The van der Waals surface area contributed by atoms with E-state index in [1.807, 2.05) is 11.9 Å². The summed E-state index contributed by atoms with van der Waals surface area (Å²) < 4.78 is 95.3. The van der Waals surface area contributed by atoms with Crippen LogP contribution in [0, 0.1) is 12.7 Å². The van der Waals surface area contributed by atoms with Gasteiger partial charge in [-0.3, -0.25) is 4.79 Å². The standard InChI is InChI=1S/C29H30F7N5O/c1-17-12-21(30)6-7-22(17)24-23(16-37-26(38-24)41-10-8-39(4)9-11-41)40(5)25(42)27(2,3)18-13-19(28(31,32)33)15-20(14-18)29(34,35)36/h6-7,12-16H,8-11H2,1-5H3. The Kier molecular flexibility index (Phi) is 8.29. The number of halogens is 7. The molecule has 0 bridgehead atoms. The zero-order chi connectivity index (χ0) is 31.2. The van der Waals surface area contributed by atoms with Crippen molar-refractivity contribution in [2.24, 2.45) is 0 Å². The Balaban J connectivity index is 1.81. The van der Waals surface area contributed by atoms with E-state index in [2.05, 4.69) is 9.88 Å². The highest BCUT2D eigenvalue weighted by Gasteiger charge is 2.41. The molecule has 2 aromatic carbocycles. The number of carbonyl (C=O) groups is 1. The molecule has 0 spiro atoms. The zero-order valence-corrected chi connectivity index (χ0v) is 23.7. The Labute approximate surface area is 238 Å². The molecule has 1 aliphatic rings. The Hall–Kier alpha value is -3.74. The van der Waals surface area contributed by atoms with Gasteiger partial charge in [-0.2, -0.15) is 26.3 Å². The summed E-state index contributed by atoms with van der Waals surface area (Å²) in [5.41, 5.74) is -3.91.